The van der Waals surface area contributed by atoms with Crippen molar-refractivity contribution in [3.8, 4) is 11.5 Å². The maximum atomic E-state index is 6.09. The molecule has 2 aromatic rings. The fourth-order valence-corrected chi connectivity index (χ4v) is 3.64. The van der Waals surface area contributed by atoms with E-state index in [0.29, 0.717) is 25.6 Å². The van der Waals surface area contributed by atoms with Crippen molar-refractivity contribution in [2.24, 2.45) is 0 Å². The van der Waals surface area contributed by atoms with Crippen LogP contribution in [0.25, 0.3) is 10.9 Å². The third-order valence-electron chi connectivity index (χ3n) is 5.19. The SMILES string of the molecule is COc1cc2ncnc(N3CCOCC3)c2cc1OCCCN1CCOCC1. The van der Waals surface area contributed by atoms with Crippen molar-refractivity contribution in [3.05, 3.63) is 18.5 Å². The Hall–Kier alpha value is -2.16. The molecule has 0 atom stereocenters. The molecule has 1 aromatic carbocycles. The molecule has 0 amide bonds. The zero-order valence-electron chi connectivity index (χ0n) is 16.4. The fraction of sp³-hybridized carbons (Fsp3) is 0.600. The fourth-order valence-electron chi connectivity index (χ4n) is 3.64. The van der Waals surface area contributed by atoms with Crippen LogP contribution >= 0.6 is 0 Å². The molecule has 2 fully saturated rings. The first kappa shape index (κ1) is 19.2. The highest BCUT2D eigenvalue weighted by molar-refractivity contribution is 5.92. The van der Waals surface area contributed by atoms with Crippen LogP contribution in [0, 0.1) is 0 Å². The van der Waals surface area contributed by atoms with Gasteiger partial charge in [-0.2, -0.15) is 0 Å². The van der Waals surface area contributed by atoms with Crippen molar-refractivity contribution in [1.29, 1.82) is 0 Å². The molecule has 2 aliphatic heterocycles. The van der Waals surface area contributed by atoms with E-state index in [4.69, 9.17) is 18.9 Å². The quantitative estimate of drug-likeness (QED) is 0.662. The zero-order valence-corrected chi connectivity index (χ0v) is 16.4. The first-order valence-electron chi connectivity index (χ1n) is 9.93. The van der Waals surface area contributed by atoms with Crippen LogP contribution in [0.4, 0.5) is 5.82 Å². The van der Waals surface area contributed by atoms with Crippen LogP contribution in [0.5, 0.6) is 11.5 Å². The molecule has 8 heteroatoms. The number of fused-ring (bicyclic) bond motifs is 1. The van der Waals surface area contributed by atoms with Crippen molar-refractivity contribution in [1.82, 2.24) is 14.9 Å². The molecular formula is C20H28N4O4. The molecule has 2 saturated heterocycles. The van der Waals surface area contributed by atoms with Gasteiger partial charge in [0.2, 0.25) is 0 Å². The topological polar surface area (TPSA) is 69.2 Å². The number of hydrogen-bond acceptors (Lipinski definition) is 8. The Balaban J connectivity index is 1.48. The van der Waals surface area contributed by atoms with Gasteiger partial charge < -0.3 is 23.8 Å². The summed E-state index contributed by atoms with van der Waals surface area (Å²) < 4.78 is 22.5. The summed E-state index contributed by atoms with van der Waals surface area (Å²) in [4.78, 5) is 13.6. The van der Waals surface area contributed by atoms with Crippen LogP contribution in [0.1, 0.15) is 6.42 Å². The van der Waals surface area contributed by atoms with Gasteiger partial charge in [-0.15, -0.1) is 0 Å². The molecular weight excluding hydrogens is 360 g/mol. The molecule has 0 bridgehead atoms. The van der Waals surface area contributed by atoms with E-state index in [1.807, 2.05) is 12.1 Å². The maximum absolute atomic E-state index is 6.09. The van der Waals surface area contributed by atoms with Crippen LogP contribution in [0.2, 0.25) is 0 Å². The molecule has 4 rings (SSSR count). The van der Waals surface area contributed by atoms with Crippen LogP contribution in [0.15, 0.2) is 18.5 Å². The summed E-state index contributed by atoms with van der Waals surface area (Å²) in [5.74, 6) is 2.36. The molecule has 3 heterocycles. The van der Waals surface area contributed by atoms with Gasteiger partial charge >= 0.3 is 0 Å². The predicted octanol–water partition coefficient (Wildman–Crippen LogP) is 1.58. The molecule has 0 saturated carbocycles. The van der Waals surface area contributed by atoms with Crippen molar-refractivity contribution >= 4 is 16.7 Å². The van der Waals surface area contributed by atoms with Crippen molar-refractivity contribution in [3.63, 3.8) is 0 Å². The van der Waals surface area contributed by atoms with Gasteiger partial charge in [0.1, 0.15) is 12.1 Å². The summed E-state index contributed by atoms with van der Waals surface area (Å²) in [7, 11) is 1.66. The largest absolute Gasteiger partial charge is 0.493 e. The maximum Gasteiger partial charge on any atom is 0.162 e. The van der Waals surface area contributed by atoms with E-state index in [1.165, 1.54) is 0 Å². The van der Waals surface area contributed by atoms with Gasteiger partial charge in [-0.25, -0.2) is 9.97 Å². The van der Waals surface area contributed by atoms with E-state index in [-0.39, 0.29) is 0 Å². The lowest BCUT2D eigenvalue weighted by Crippen LogP contribution is -2.37. The number of methoxy groups -OCH3 is 1. The molecule has 2 aliphatic rings. The Kier molecular flexibility index (Phi) is 6.41. The number of benzene rings is 1. The molecule has 152 valence electrons. The van der Waals surface area contributed by atoms with E-state index in [1.54, 1.807) is 13.4 Å². The Morgan fingerprint density at radius 3 is 2.46 bits per heavy atom. The van der Waals surface area contributed by atoms with Gasteiger partial charge in [0.05, 0.1) is 45.7 Å². The average molecular weight is 388 g/mol. The summed E-state index contributed by atoms with van der Waals surface area (Å²) in [5.41, 5.74) is 0.856. The van der Waals surface area contributed by atoms with Gasteiger partial charge in [0.25, 0.3) is 0 Å². The van der Waals surface area contributed by atoms with E-state index in [0.717, 1.165) is 74.8 Å². The van der Waals surface area contributed by atoms with Gasteiger partial charge in [-0.1, -0.05) is 0 Å². The summed E-state index contributed by atoms with van der Waals surface area (Å²) in [6.07, 6.45) is 2.57. The zero-order chi connectivity index (χ0) is 19.2. The lowest BCUT2D eigenvalue weighted by molar-refractivity contribution is 0.0357. The number of ether oxygens (including phenoxy) is 4. The van der Waals surface area contributed by atoms with E-state index in [9.17, 15) is 0 Å². The number of rotatable bonds is 7. The first-order valence-corrected chi connectivity index (χ1v) is 9.93. The van der Waals surface area contributed by atoms with Gasteiger partial charge in [-0.3, -0.25) is 4.90 Å². The van der Waals surface area contributed by atoms with E-state index in [2.05, 4.69) is 19.8 Å². The molecule has 8 nitrogen and oxygen atoms in total. The van der Waals surface area contributed by atoms with Gasteiger partial charge in [0.15, 0.2) is 11.5 Å². The standard InChI is InChI=1S/C20H28N4O4/c1-25-18-14-17-16(20(22-15-21-17)24-6-11-27-12-7-24)13-19(18)28-8-2-3-23-4-9-26-10-5-23/h13-15H,2-12H2,1H3. The average Bonchev–Trinajstić information content (AvgIpc) is 2.77. The minimum atomic E-state index is 0.639. The second kappa shape index (κ2) is 9.36. The molecule has 28 heavy (non-hydrogen) atoms. The van der Waals surface area contributed by atoms with E-state index < -0.39 is 0 Å². The summed E-state index contributed by atoms with van der Waals surface area (Å²) in [5, 5.41) is 0.980. The second-order valence-corrected chi connectivity index (χ2v) is 6.97. The first-order chi connectivity index (χ1) is 13.8. The highest BCUT2D eigenvalue weighted by atomic mass is 16.5. The van der Waals surface area contributed by atoms with Crippen LogP contribution in [-0.4, -0.2) is 87.7 Å². The Bertz CT molecular complexity index is 776. The lowest BCUT2D eigenvalue weighted by atomic mass is 10.2. The van der Waals surface area contributed by atoms with Crippen LogP contribution in [0.3, 0.4) is 0 Å². The summed E-state index contributed by atoms with van der Waals surface area (Å²) >= 11 is 0. The summed E-state index contributed by atoms with van der Waals surface area (Å²) in [6.45, 7) is 8.38. The predicted molar refractivity (Wildman–Crippen MR) is 106 cm³/mol. The van der Waals surface area contributed by atoms with Gasteiger partial charge in [-0.05, 0) is 12.5 Å². The smallest absolute Gasteiger partial charge is 0.162 e. The number of nitrogens with zero attached hydrogens (tertiary/aromatic N) is 4. The van der Waals surface area contributed by atoms with Crippen molar-refractivity contribution < 1.29 is 18.9 Å². The van der Waals surface area contributed by atoms with Crippen LogP contribution in [-0.2, 0) is 9.47 Å². The third-order valence-corrected chi connectivity index (χ3v) is 5.19. The lowest BCUT2D eigenvalue weighted by Gasteiger charge is -2.28. The molecule has 0 radical (unpaired) electrons. The summed E-state index contributed by atoms with van der Waals surface area (Å²) in [6, 6.07) is 3.94. The number of hydrogen-bond donors (Lipinski definition) is 0. The Morgan fingerprint density at radius 2 is 1.71 bits per heavy atom. The highest BCUT2D eigenvalue weighted by Crippen LogP contribution is 2.35. The van der Waals surface area contributed by atoms with Gasteiger partial charge in [0, 0.05) is 44.2 Å². The normalized spacial score (nSPS) is 18.4. The molecule has 0 N–H and O–H groups in total. The Morgan fingerprint density at radius 1 is 0.964 bits per heavy atom. The number of aromatic nitrogens is 2. The second-order valence-electron chi connectivity index (χ2n) is 6.97. The molecule has 0 aliphatic carbocycles. The van der Waals surface area contributed by atoms with Crippen molar-refractivity contribution in [2.45, 2.75) is 6.42 Å². The molecule has 0 spiro atoms. The third kappa shape index (κ3) is 4.45. The number of morpholine rings is 2. The minimum absolute atomic E-state index is 0.639. The molecule has 1 aromatic heterocycles. The highest BCUT2D eigenvalue weighted by Gasteiger charge is 2.18. The monoisotopic (exact) mass is 388 g/mol. The molecule has 0 unspecified atom stereocenters. The van der Waals surface area contributed by atoms with E-state index >= 15 is 0 Å². The Labute approximate surface area is 165 Å². The number of anilines is 1. The van der Waals surface area contributed by atoms with Crippen molar-refractivity contribution in [2.75, 3.05) is 77.8 Å². The minimum Gasteiger partial charge on any atom is -0.493 e. The van der Waals surface area contributed by atoms with Crippen LogP contribution < -0.4 is 14.4 Å².